The van der Waals surface area contributed by atoms with Gasteiger partial charge in [-0.1, -0.05) is 84.2 Å². The smallest absolute Gasteiger partial charge is 0.264 e. The number of unbranched alkanes of at least 4 members (excludes halogenated alkanes) is 1. The minimum Gasteiger partial charge on any atom is -0.354 e. The van der Waals surface area contributed by atoms with Crippen LogP contribution in [0.2, 0.25) is 0 Å². The summed E-state index contributed by atoms with van der Waals surface area (Å²) in [5.74, 6) is -0.704. The number of anilines is 1. The lowest BCUT2D eigenvalue weighted by Crippen LogP contribution is -2.52. The Hall–Kier alpha value is -3.17. The standard InChI is InChI=1S/C30H36BrN3O4S/c1-4-6-19-32-30(36)28(5-2)33(21-24-12-10-11-23(3)20-24)29(35)22-34(26-17-15-25(31)16-18-26)39(37,38)27-13-8-7-9-14-27/h7-18,20,28H,4-6,19,21-22H2,1-3H3,(H,32,36)/t28-/m1/s1. The summed E-state index contributed by atoms with van der Waals surface area (Å²) in [4.78, 5) is 28.8. The van der Waals surface area contributed by atoms with Crippen molar-refractivity contribution in [2.24, 2.45) is 0 Å². The Balaban J connectivity index is 2.02. The third-order valence-electron chi connectivity index (χ3n) is 6.38. The van der Waals surface area contributed by atoms with Crippen LogP contribution in [-0.4, -0.2) is 44.3 Å². The quantitative estimate of drug-likeness (QED) is 0.251. The van der Waals surface area contributed by atoms with E-state index in [-0.39, 0.29) is 17.3 Å². The van der Waals surface area contributed by atoms with Crippen LogP contribution >= 0.6 is 15.9 Å². The number of halogens is 1. The summed E-state index contributed by atoms with van der Waals surface area (Å²) in [5.41, 5.74) is 2.25. The second-order valence-corrected chi connectivity index (χ2v) is 12.2. The SMILES string of the molecule is CCCCNC(=O)[C@@H](CC)N(Cc1cccc(C)c1)C(=O)CN(c1ccc(Br)cc1)S(=O)(=O)c1ccccc1. The van der Waals surface area contributed by atoms with Crippen molar-refractivity contribution < 1.29 is 18.0 Å². The van der Waals surface area contributed by atoms with Crippen molar-refractivity contribution in [1.29, 1.82) is 0 Å². The van der Waals surface area contributed by atoms with Crippen molar-refractivity contribution in [3.63, 3.8) is 0 Å². The number of aryl methyl sites for hydroxylation is 1. The zero-order valence-corrected chi connectivity index (χ0v) is 25.0. The molecule has 208 valence electrons. The van der Waals surface area contributed by atoms with Crippen LogP contribution in [0.3, 0.4) is 0 Å². The van der Waals surface area contributed by atoms with E-state index in [1.165, 1.54) is 17.0 Å². The first kappa shape index (κ1) is 30.4. The Morgan fingerprint density at radius 3 is 2.26 bits per heavy atom. The fourth-order valence-corrected chi connectivity index (χ4v) is 5.99. The minimum absolute atomic E-state index is 0.0790. The third kappa shape index (κ3) is 8.16. The maximum Gasteiger partial charge on any atom is 0.264 e. The lowest BCUT2D eigenvalue weighted by Gasteiger charge is -2.33. The summed E-state index contributed by atoms with van der Waals surface area (Å²) in [6, 6.07) is 21.8. The molecule has 1 N–H and O–H groups in total. The van der Waals surface area contributed by atoms with E-state index >= 15 is 0 Å². The van der Waals surface area contributed by atoms with Crippen molar-refractivity contribution in [1.82, 2.24) is 10.2 Å². The van der Waals surface area contributed by atoms with E-state index in [0.29, 0.717) is 18.7 Å². The predicted octanol–water partition coefficient (Wildman–Crippen LogP) is 5.68. The number of nitrogens with zero attached hydrogens (tertiary/aromatic N) is 2. The molecule has 0 aliphatic heterocycles. The molecule has 0 aliphatic rings. The summed E-state index contributed by atoms with van der Waals surface area (Å²) in [6.45, 7) is 6.11. The third-order valence-corrected chi connectivity index (χ3v) is 8.69. The summed E-state index contributed by atoms with van der Waals surface area (Å²) >= 11 is 3.39. The van der Waals surface area contributed by atoms with Crippen molar-refractivity contribution in [2.45, 2.75) is 57.5 Å². The van der Waals surface area contributed by atoms with E-state index in [2.05, 4.69) is 21.2 Å². The molecule has 0 unspecified atom stereocenters. The fraction of sp³-hybridized carbons (Fsp3) is 0.333. The Morgan fingerprint density at radius 2 is 1.64 bits per heavy atom. The summed E-state index contributed by atoms with van der Waals surface area (Å²) < 4.78 is 29.5. The van der Waals surface area contributed by atoms with E-state index in [1.54, 1.807) is 42.5 Å². The lowest BCUT2D eigenvalue weighted by molar-refractivity contribution is -0.140. The molecule has 39 heavy (non-hydrogen) atoms. The minimum atomic E-state index is -4.08. The molecule has 3 aromatic rings. The average molecular weight is 615 g/mol. The summed E-state index contributed by atoms with van der Waals surface area (Å²) in [5, 5.41) is 2.94. The monoisotopic (exact) mass is 613 g/mol. The van der Waals surface area contributed by atoms with Gasteiger partial charge in [-0.3, -0.25) is 13.9 Å². The highest BCUT2D eigenvalue weighted by atomic mass is 79.9. The Labute approximate surface area is 240 Å². The van der Waals surface area contributed by atoms with Gasteiger partial charge in [0, 0.05) is 17.6 Å². The van der Waals surface area contributed by atoms with Gasteiger partial charge in [0.25, 0.3) is 10.0 Å². The molecule has 2 amide bonds. The molecular formula is C30H36BrN3O4S. The second kappa shape index (κ2) is 14.3. The normalized spacial score (nSPS) is 12.0. The molecule has 7 nitrogen and oxygen atoms in total. The number of carbonyl (C=O) groups excluding carboxylic acids is 2. The first-order chi connectivity index (χ1) is 18.7. The van der Waals surface area contributed by atoms with Gasteiger partial charge in [0.1, 0.15) is 12.6 Å². The molecule has 1 atom stereocenters. The van der Waals surface area contributed by atoms with Crippen LogP contribution in [0.4, 0.5) is 5.69 Å². The zero-order valence-electron chi connectivity index (χ0n) is 22.6. The van der Waals surface area contributed by atoms with E-state index in [9.17, 15) is 18.0 Å². The number of amides is 2. The highest BCUT2D eigenvalue weighted by Crippen LogP contribution is 2.26. The fourth-order valence-electron chi connectivity index (χ4n) is 4.29. The topological polar surface area (TPSA) is 86.8 Å². The van der Waals surface area contributed by atoms with Gasteiger partial charge in [-0.05, 0) is 61.7 Å². The first-order valence-electron chi connectivity index (χ1n) is 13.1. The number of rotatable bonds is 13. The average Bonchev–Trinajstić information content (AvgIpc) is 2.92. The molecular weight excluding hydrogens is 578 g/mol. The largest absolute Gasteiger partial charge is 0.354 e. The van der Waals surface area contributed by atoms with Gasteiger partial charge in [0.15, 0.2) is 0 Å². The zero-order chi connectivity index (χ0) is 28.4. The molecule has 0 aliphatic carbocycles. The van der Waals surface area contributed by atoms with Gasteiger partial charge in [0.05, 0.1) is 10.6 Å². The van der Waals surface area contributed by atoms with E-state index < -0.39 is 28.5 Å². The molecule has 3 rings (SSSR count). The lowest BCUT2D eigenvalue weighted by atomic mass is 10.1. The Morgan fingerprint density at radius 1 is 0.949 bits per heavy atom. The van der Waals surface area contributed by atoms with Gasteiger partial charge >= 0.3 is 0 Å². The van der Waals surface area contributed by atoms with Gasteiger partial charge < -0.3 is 10.2 Å². The molecule has 0 fully saturated rings. The highest BCUT2D eigenvalue weighted by molar-refractivity contribution is 9.10. The Kier molecular flexibility index (Phi) is 11.1. The van der Waals surface area contributed by atoms with Gasteiger partial charge in [0.2, 0.25) is 11.8 Å². The highest BCUT2D eigenvalue weighted by Gasteiger charge is 2.33. The van der Waals surface area contributed by atoms with Crippen molar-refractivity contribution >= 4 is 43.5 Å². The number of benzene rings is 3. The van der Waals surface area contributed by atoms with Crippen LogP contribution in [0.15, 0.2) is 88.2 Å². The number of nitrogens with one attached hydrogen (secondary N) is 1. The summed E-state index contributed by atoms with van der Waals surface area (Å²) in [7, 11) is -4.08. The number of hydrogen-bond donors (Lipinski definition) is 1. The first-order valence-corrected chi connectivity index (χ1v) is 15.4. The van der Waals surface area contributed by atoms with E-state index in [1.807, 2.05) is 45.0 Å². The number of carbonyl (C=O) groups is 2. The molecule has 0 radical (unpaired) electrons. The van der Waals surface area contributed by atoms with Crippen LogP contribution < -0.4 is 9.62 Å². The predicted molar refractivity (Wildman–Crippen MR) is 159 cm³/mol. The summed E-state index contributed by atoms with van der Waals surface area (Å²) in [6.07, 6.45) is 2.16. The van der Waals surface area contributed by atoms with Crippen molar-refractivity contribution in [2.75, 3.05) is 17.4 Å². The van der Waals surface area contributed by atoms with E-state index in [0.717, 1.165) is 32.7 Å². The molecule has 0 aromatic heterocycles. The van der Waals surface area contributed by atoms with Crippen molar-refractivity contribution in [3.8, 4) is 0 Å². The number of sulfonamides is 1. The number of hydrogen-bond acceptors (Lipinski definition) is 4. The molecule has 0 saturated carbocycles. The maximum absolute atomic E-state index is 14.0. The molecule has 0 spiro atoms. The van der Waals surface area contributed by atoms with Gasteiger partial charge in [-0.25, -0.2) is 8.42 Å². The second-order valence-electron chi connectivity index (χ2n) is 9.38. The van der Waals surface area contributed by atoms with Crippen LogP contribution in [-0.2, 0) is 26.2 Å². The molecule has 0 heterocycles. The van der Waals surface area contributed by atoms with Gasteiger partial charge in [-0.15, -0.1) is 0 Å². The van der Waals surface area contributed by atoms with Crippen molar-refractivity contribution in [3.05, 3.63) is 94.5 Å². The van der Waals surface area contributed by atoms with E-state index in [4.69, 9.17) is 0 Å². The van der Waals surface area contributed by atoms with Crippen LogP contribution in [0.25, 0.3) is 0 Å². The van der Waals surface area contributed by atoms with Gasteiger partial charge in [-0.2, -0.15) is 0 Å². The maximum atomic E-state index is 14.0. The van der Waals surface area contributed by atoms with Crippen LogP contribution in [0.5, 0.6) is 0 Å². The molecule has 3 aromatic carbocycles. The molecule has 0 saturated heterocycles. The van der Waals surface area contributed by atoms with Crippen LogP contribution in [0, 0.1) is 6.92 Å². The molecule has 0 bridgehead atoms. The van der Waals surface area contributed by atoms with Crippen LogP contribution in [0.1, 0.15) is 44.2 Å². The molecule has 9 heteroatoms. The Bertz CT molecular complexity index is 1350.